The third-order valence-corrected chi connectivity index (χ3v) is 11.6. The first-order valence-corrected chi connectivity index (χ1v) is 20.4. The third kappa shape index (κ3) is 9.92. The number of phenolic OH excluding ortho intramolecular Hbond substituents is 2. The van der Waals surface area contributed by atoms with Gasteiger partial charge in [-0.05, 0) is 86.8 Å². The molecule has 3 aliphatic rings. The highest BCUT2D eigenvalue weighted by Gasteiger charge is 2.36. The quantitative estimate of drug-likeness (QED) is 0.156. The van der Waals surface area contributed by atoms with Crippen molar-refractivity contribution < 1.29 is 48.3 Å². The normalized spacial score (nSPS) is 20.5. The maximum atomic E-state index is 13.8. The summed E-state index contributed by atoms with van der Waals surface area (Å²) in [6.45, 7) is 3.62. The van der Waals surface area contributed by atoms with Crippen LogP contribution in [0, 0.1) is 5.92 Å². The zero-order valence-electron chi connectivity index (χ0n) is 34.3. The molecule has 4 heterocycles. The van der Waals surface area contributed by atoms with Crippen LogP contribution in [0.2, 0.25) is 0 Å². The number of pyridine rings is 1. The standard InChI is InChI=1S/C45H55N3O11/c1-27-11-8-14-32(49)13-7-5-6-12-29-20-35(50)42(43(54)41(29)45(55)59-27)33(30-21-36(56-2)44(58-4)37(22-30)57-3)23-38(51)46-18-10-17-39(52)47-24-28-19-31(26-47)34-15-9-16-40(53)48(34)25-28/h6,9,12,15-16,20-22,27-28,31,33,50,54H,5,7-8,10-11,13-14,17-19,23-26H2,1-4H3,(H,46,51)/b12-6+/t27-,28+,31-,33?/m0/s1. The van der Waals surface area contributed by atoms with E-state index in [2.05, 4.69) is 5.32 Å². The van der Waals surface area contributed by atoms with Crippen molar-refractivity contribution in [3.05, 3.63) is 80.8 Å². The number of cyclic esters (lactones) is 1. The first-order valence-electron chi connectivity index (χ1n) is 20.4. The van der Waals surface area contributed by atoms with E-state index in [1.165, 1.54) is 27.4 Å². The third-order valence-electron chi connectivity index (χ3n) is 11.6. The Kier molecular flexibility index (Phi) is 14.0. The highest BCUT2D eigenvalue weighted by molar-refractivity contribution is 5.98. The molecule has 3 aromatic rings. The second-order valence-electron chi connectivity index (χ2n) is 15.7. The fourth-order valence-electron chi connectivity index (χ4n) is 8.69. The van der Waals surface area contributed by atoms with Crippen molar-refractivity contribution >= 4 is 29.6 Å². The number of aromatic hydroxyl groups is 2. The van der Waals surface area contributed by atoms with Gasteiger partial charge in [-0.15, -0.1) is 0 Å². The maximum Gasteiger partial charge on any atom is 0.342 e. The van der Waals surface area contributed by atoms with Gasteiger partial charge in [-0.2, -0.15) is 0 Å². The minimum Gasteiger partial charge on any atom is -0.507 e. The summed E-state index contributed by atoms with van der Waals surface area (Å²) in [5.74, 6) is -1.91. The Bertz CT molecular complexity index is 2120. The number of hydrogen-bond donors (Lipinski definition) is 3. The molecule has 0 spiro atoms. The topological polar surface area (TPSA) is 183 Å². The summed E-state index contributed by atoms with van der Waals surface area (Å²) < 4.78 is 24.3. The van der Waals surface area contributed by atoms with Crippen LogP contribution in [-0.2, 0) is 25.7 Å². The summed E-state index contributed by atoms with van der Waals surface area (Å²) in [7, 11) is 4.35. The number of phenols is 2. The van der Waals surface area contributed by atoms with Gasteiger partial charge in [0.05, 0.1) is 27.4 Å². The van der Waals surface area contributed by atoms with Crippen molar-refractivity contribution in [3.8, 4) is 28.7 Å². The molecule has 4 atom stereocenters. The number of benzene rings is 2. The average Bonchev–Trinajstić information content (AvgIpc) is 3.21. The molecule has 2 bridgehead atoms. The molecule has 1 unspecified atom stereocenters. The Morgan fingerprint density at radius 3 is 2.44 bits per heavy atom. The van der Waals surface area contributed by atoms with Gasteiger partial charge in [-0.1, -0.05) is 18.2 Å². The molecule has 1 fully saturated rings. The lowest BCUT2D eigenvalue weighted by Crippen LogP contribution is -2.49. The number of esters is 1. The molecule has 14 nitrogen and oxygen atoms in total. The number of fused-ring (bicyclic) bond motifs is 5. The van der Waals surface area contributed by atoms with E-state index in [9.17, 15) is 34.2 Å². The number of Topliss-reactive ketones (excluding diaryl/α,β-unsaturated/α-hetero) is 1. The number of rotatable bonds is 11. The van der Waals surface area contributed by atoms with E-state index in [0.717, 1.165) is 12.1 Å². The van der Waals surface area contributed by atoms with Gasteiger partial charge in [0, 0.05) is 81.0 Å². The predicted octanol–water partition coefficient (Wildman–Crippen LogP) is 5.83. The van der Waals surface area contributed by atoms with Crippen LogP contribution in [0.3, 0.4) is 0 Å². The lowest BCUT2D eigenvalue weighted by molar-refractivity contribution is -0.134. The average molecular weight is 814 g/mol. The Balaban J connectivity index is 1.24. The van der Waals surface area contributed by atoms with Crippen LogP contribution in [-0.4, -0.2) is 90.3 Å². The molecule has 316 valence electrons. The molecule has 0 saturated carbocycles. The zero-order chi connectivity index (χ0) is 42.2. The first kappa shape index (κ1) is 42.8. The maximum absolute atomic E-state index is 13.8. The first-order chi connectivity index (χ1) is 28.4. The lowest BCUT2D eigenvalue weighted by atomic mass is 9.83. The van der Waals surface area contributed by atoms with Gasteiger partial charge in [0.25, 0.3) is 5.56 Å². The zero-order valence-corrected chi connectivity index (χ0v) is 34.3. The van der Waals surface area contributed by atoms with Crippen LogP contribution >= 0.6 is 0 Å². The van der Waals surface area contributed by atoms with Crippen LogP contribution in [0.5, 0.6) is 28.7 Å². The molecule has 3 aliphatic heterocycles. The fraction of sp³-hybridized carbons (Fsp3) is 0.489. The monoisotopic (exact) mass is 813 g/mol. The van der Waals surface area contributed by atoms with Crippen molar-refractivity contribution in [1.29, 1.82) is 0 Å². The number of hydrogen-bond acceptors (Lipinski definition) is 11. The van der Waals surface area contributed by atoms with Gasteiger partial charge in [-0.25, -0.2) is 4.79 Å². The summed E-state index contributed by atoms with van der Waals surface area (Å²) in [6, 6.07) is 9.90. The van der Waals surface area contributed by atoms with Gasteiger partial charge in [0.1, 0.15) is 22.8 Å². The highest BCUT2D eigenvalue weighted by Crippen LogP contribution is 2.48. The molecule has 3 N–H and O–H groups in total. The van der Waals surface area contributed by atoms with Gasteiger partial charge in [0.15, 0.2) is 11.5 Å². The van der Waals surface area contributed by atoms with E-state index in [1.807, 2.05) is 15.5 Å². The number of ketones is 1. The van der Waals surface area contributed by atoms with Crippen molar-refractivity contribution in [2.24, 2.45) is 5.92 Å². The number of nitrogens with one attached hydrogen (secondary N) is 1. The molecular formula is C45H55N3O11. The minimum absolute atomic E-state index is 0.0139. The van der Waals surface area contributed by atoms with E-state index in [-0.39, 0.29) is 82.4 Å². The second-order valence-corrected chi connectivity index (χ2v) is 15.7. The summed E-state index contributed by atoms with van der Waals surface area (Å²) in [5.41, 5.74) is 1.34. The van der Waals surface area contributed by atoms with E-state index < -0.39 is 29.6 Å². The van der Waals surface area contributed by atoms with Crippen LogP contribution in [0.25, 0.3) is 6.08 Å². The minimum atomic E-state index is -1.04. The number of aromatic nitrogens is 1. The van der Waals surface area contributed by atoms with E-state index in [4.69, 9.17) is 18.9 Å². The number of ether oxygens (including phenoxy) is 4. The second kappa shape index (κ2) is 19.3. The molecule has 0 radical (unpaired) electrons. The summed E-state index contributed by atoms with van der Waals surface area (Å²) in [4.78, 5) is 67.6. The molecule has 0 aliphatic carbocycles. The van der Waals surface area contributed by atoms with Gasteiger partial charge >= 0.3 is 5.97 Å². The summed E-state index contributed by atoms with van der Waals surface area (Å²) in [6.07, 6.45) is 7.04. The van der Waals surface area contributed by atoms with Crippen LogP contribution in [0.1, 0.15) is 116 Å². The van der Waals surface area contributed by atoms with E-state index in [0.29, 0.717) is 75.9 Å². The molecule has 2 amide bonds. The number of likely N-dealkylation sites (tertiary alicyclic amines) is 1. The highest BCUT2D eigenvalue weighted by atomic mass is 16.5. The van der Waals surface area contributed by atoms with Crippen LogP contribution in [0.15, 0.2) is 47.3 Å². The van der Waals surface area contributed by atoms with Gasteiger partial charge < -0.3 is 43.9 Å². The Morgan fingerprint density at radius 2 is 1.71 bits per heavy atom. The Labute approximate surface area is 344 Å². The van der Waals surface area contributed by atoms with Crippen molar-refractivity contribution in [3.63, 3.8) is 0 Å². The molecule has 14 heteroatoms. The van der Waals surface area contributed by atoms with Crippen molar-refractivity contribution in [2.45, 2.75) is 95.6 Å². The summed E-state index contributed by atoms with van der Waals surface area (Å²) in [5, 5.41) is 26.6. The number of nitrogens with zero attached hydrogens (tertiary/aromatic N) is 2. The van der Waals surface area contributed by atoms with E-state index >= 15 is 0 Å². The summed E-state index contributed by atoms with van der Waals surface area (Å²) >= 11 is 0. The Hall–Kier alpha value is -5.79. The molecule has 1 saturated heterocycles. The van der Waals surface area contributed by atoms with Crippen LogP contribution in [0.4, 0.5) is 0 Å². The lowest BCUT2D eigenvalue weighted by Gasteiger charge is -2.42. The number of amides is 2. The van der Waals surface area contributed by atoms with Crippen molar-refractivity contribution in [2.75, 3.05) is 41.0 Å². The number of allylic oxidation sites excluding steroid dienone is 1. The Morgan fingerprint density at radius 1 is 0.966 bits per heavy atom. The number of carbonyl (C=O) groups excluding carboxylic acids is 4. The fourth-order valence-corrected chi connectivity index (χ4v) is 8.69. The SMILES string of the molecule is COc1cc(C(CC(=O)NCCCC(=O)N2C[C@H]3C[C@@H](C2)c2cccc(=O)n2C3)c2c(O)cc3c(c2O)C(=O)O[C@@H](C)CCCC(=O)CCC/C=C/3)cc(OC)c1OC. The molecule has 6 rings (SSSR count). The van der Waals surface area contributed by atoms with Crippen LogP contribution < -0.4 is 25.1 Å². The predicted molar refractivity (Wildman–Crippen MR) is 219 cm³/mol. The largest absolute Gasteiger partial charge is 0.507 e. The molecule has 2 aromatic carbocycles. The molecule has 1 aromatic heterocycles. The van der Waals surface area contributed by atoms with Crippen molar-refractivity contribution in [1.82, 2.24) is 14.8 Å². The molecule has 59 heavy (non-hydrogen) atoms. The smallest absolute Gasteiger partial charge is 0.342 e. The van der Waals surface area contributed by atoms with E-state index in [1.54, 1.807) is 43.3 Å². The molecular weight excluding hydrogens is 759 g/mol. The van der Waals surface area contributed by atoms with Gasteiger partial charge in [0.2, 0.25) is 17.6 Å². The number of methoxy groups -OCH3 is 3. The number of piperidine rings is 1. The number of carbonyl (C=O) groups is 4. The van der Waals surface area contributed by atoms with Gasteiger partial charge in [-0.3, -0.25) is 19.2 Å².